The average molecular weight is 404 g/mol. The molecule has 0 saturated carbocycles. The summed E-state index contributed by atoms with van der Waals surface area (Å²) in [4.78, 5) is 39.3. The van der Waals surface area contributed by atoms with Crippen LogP contribution in [0, 0.1) is 0 Å². The van der Waals surface area contributed by atoms with Gasteiger partial charge >= 0.3 is 5.97 Å². The smallest absolute Gasteiger partial charge is 0.348 e. The molecule has 0 fully saturated rings. The van der Waals surface area contributed by atoms with Gasteiger partial charge in [0.05, 0.1) is 19.4 Å². The van der Waals surface area contributed by atoms with Crippen molar-refractivity contribution in [1.29, 1.82) is 0 Å². The summed E-state index contributed by atoms with van der Waals surface area (Å²) in [5, 5.41) is 2.66. The molecule has 0 radical (unpaired) electrons. The summed E-state index contributed by atoms with van der Waals surface area (Å²) in [5.74, 6) is -0.604. The SMILES string of the molecule is CN(CC(=O)NCc1ccco1)C(=O)COC(=O)c1cc2c(s1)CCCCC2. The van der Waals surface area contributed by atoms with Crippen molar-refractivity contribution < 1.29 is 23.5 Å². The van der Waals surface area contributed by atoms with Crippen molar-refractivity contribution in [1.82, 2.24) is 10.2 Å². The lowest BCUT2D eigenvalue weighted by molar-refractivity contribution is -0.137. The van der Waals surface area contributed by atoms with Gasteiger partial charge in [-0.15, -0.1) is 11.3 Å². The van der Waals surface area contributed by atoms with Gasteiger partial charge in [-0.05, 0) is 49.4 Å². The number of furan rings is 1. The number of aryl methyl sites for hydroxylation is 2. The number of rotatable bonds is 7. The van der Waals surface area contributed by atoms with Crippen LogP contribution in [0.2, 0.25) is 0 Å². The predicted molar refractivity (Wildman–Crippen MR) is 104 cm³/mol. The molecule has 150 valence electrons. The van der Waals surface area contributed by atoms with Gasteiger partial charge in [-0.3, -0.25) is 9.59 Å². The molecule has 3 rings (SSSR count). The molecule has 28 heavy (non-hydrogen) atoms. The van der Waals surface area contributed by atoms with E-state index in [-0.39, 0.29) is 25.6 Å². The first kappa shape index (κ1) is 20.1. The first-order valence-electron chi connectivity index (χ1n) is 9.34. The van der Waals surface area contributed by atoms with Crippen molar-refractivity contribution in [2.75, 3.05) is 20.2 Å². The Morgan fingerprint density at radius 3 is 2.86 bits per heavy atom. The molecule has 7 nitrogen and oxygen atoms in total. The number of ether oxygens (including phenoxy) is 1. The van der Waals surface area contributed by atoms with E-state index in [1.165, 1.54) is 46.4 Å². The van der Waals surface area contributed by atoms with Gasteiger partial charge in [0.25, 0.3) is 5.91 Å². The van der Waals surface area contributed by atoms with E-state index in [2.05, 4.69) is 5.32 Å². The number of amides is 2. The summed E-state index contributed by atoms with van der Waals surface area (Å²) in [6.45, 7) is -0.250. The zero-order chi connectivity index (χ0) is 19.9. The highest BCUT2D eigenvalue weighted by Gasteiger charge is 2.20. The Bertz CT molecular complexity index is 804. The van der Waals surface area contributed by atoms with E-state index >= 15 is 0 Å². The Hall–Kier alpha value is -2.61. The number of thiophene rings is 1. The van der Waals surface area contributed by atoms with Crippen LogP contribution in [0.15, 0.2) is 28.9 Å². The predicted octanol–water partition coefficient (Wildman–Crippen LogP) is 2.54. The summed E-state index contributed by atoms with van der Waals surface area (Å²) in [6, 6.07) is 5.37. The van der Waals surface area contributed by atoms with E-state index in [0.29, 0.717) is 10.6 Å². The lowest BCUT2D eigenvalue weighted by Crippen LogP contribution is -2.39. The quantitative estimate of drug-likeness (QED) is 0.566. The lowest BCUT2D eigenvalue weighted by Gasteiger charge is -2.16. The first-order valence-corrected chi connectivity index (χ1v) is 10.2. The van der Waals surface area contributed by atoms with E-state index in [1.54, 1.807) is 12.1 Å². The van der Waals surface area contributed by atoms with Gasteiger partial charge in [0, 0.05) is 11.9 Å². The number of likely N-dealkylation sites (N-methyl/N-ethyl adjacent to an activating group) is 1. The van der Waals surface area contributed by atoms with Gasteiger partial charge in [-0.1, -0.05) is 6.42 Å². The molecule has 0 unspecified atom stereocenters. The van der Waals surface area contributed by atoms with Crippen molar-refractivity contribution in [3.05, 3.63) is 45.5 Å². The maximum Gasteiger partial charge on any atom is 0.348 e. The van der Waals surface area contributed by atoms with Gasteiger partial charge in [0.15, 0.2) is 6.61 Å². The largest absolute Gasteiger partial charge is 0.467 e. The fourth-order valence-corrected chi connectivity index (χ4v) is 4.18. The summed E-state index contributed by atoms with van der Waals surface area (Å²) in [5.41, 5.74) is 1.23. The van der Waals surface area contributed by atoms with Crippen LogP contribution in [-0.4, -0.2) is 42.9 Å². The van der Waals surface area contributed by atoms with Crippen LogP contribution in [0.25, 0.3) is 0 Å². The van der Waals surface area contributed by atoms with Crippen LogP contribution < -0.4 is 5.32 Å². The van der Waals surface area contributed by atoms with Crippen molar-refractivity contribution in [2.24, 2.45) is 0 Å². The van der Waals surface area contributed by atoms with Crippen LogP contribution in [0.3, 0.4) is 0 Å². The number of nitrogens with zero attached hydrogens (tertiary/aromatic N) is 1. The van der Waals surface area contributed by atoms with Gasteiger partial charge in [0.1, 0.15) is 10.6 Å². The first-order chi connectivity index (χ1) is 13.5. The molecule has 0 spiro atoms. The Morgan fingerprint density at radius 2 is 2.07 bits per heavy atom. The third-order valence-corrected chi connectivity index (χ3v) is 5.84. The van der Waals surface area contributed by atoms with Gasteiger partial charge < -0.3 is 19.4 Å². The maximum absolute atomic E-state index is 12.3. The van der Waals surface area contributed by atoms with Gasteiger partial charge in [-0.2, -0.15) is 0 Å². The molecule has 0 bridgehead atoms. The minimum Gasteiger partial charge on any atom is -0.467 e. The fraction of sp³-hybridized carbons (Fsp3) is 0.450. The highest BCUT2D eigenvalue weighted by molar-refractivity contribution is 7.14. The molecular formula is C20H24N2O5S. The molecule has 1 aliphatic carbocycles. The van der Waals surface area contributed by atoms with Crippen molar-refractivity contribution in [3.63, 3.8) is 0 Å². The number of fused-ring (bicyclic) bond motifs is 1. The number of carbonyl (C=O) groups is 3. The van der Waals surface area contributed by atoms with Crippen LogP contribution in [0.4, 0.5) is 0 Å². The summed E-state index contributed by atoms with van der Waals surface area (Å²) in [6.07, 6.45) is 7.03. The van der Waals surface area contributed by atoms with Crippen molar-refractivity contribution in [2.45, 2.75) is 38.6 Å². The zero-order valence-electron chi connectivity index (χ0n) is 15.9. The number of hydrogen-bond acceptors (Lipinski definition) is 6. The van der Waals surface area contributed by atoms with E-state index in [1.807, 2.05) is 6.07 Å². The lowest BCUT2D eigenvalue weighted by atomic mass is 10.1. The molecule has 1 aliphatic rings. The molecule has 0 aliphatic heterocycles. The van der Waals surface area contributed by atoms with E-state index in [4.69, 9.17) is 9.15 Å². The van der Waals surface area contributed by atoms with Crippen molar-refractivity contribution >= 4 is 29.1 Å². The number of carbonyl (C=O) groups excluding carboxylic acids is 3. The molecule has 2 heterocycles. The molecule has 2 amide bonds. The molecule has 0 atom stereocenters. The highest BCUT2D eigenvalue weighted by Crippen LogP contribution is 2.29. The Morgan fingerprint density at radius 1 is 1.25 bits per heavy atom. The van der Waals surface area contributed by atoms with Crippen LogP contribution >= 0.6 is 11.3 Å². The molecule has 8 heteroatoms. The second-order valence-electron chi connectivity index (χ2n) is 6.80. The molecule has 0 saturated heterocycles. The Labute approximate surface area is 167 Å². The van der Waals surface area contributed by atoms with Gasteiger partial charge in [0.2, 0.25) is 5.91 Å². The third-order valence-electron chi connectivity index (χ3n) is 4.62. The summed E-state index contributed by atoms with van der Waals surface area (Å²) >= 11 is 1.46. The van der Waals surface area contributed by atoms with Crippen molar-refractivity contribution in [3.8, 4) is 0 Å². The zero-order valence-corrected chi connectivity index (χ0v) is 16.7. The van der Waals surface area contributed by atoms with Crippen LogP contribution in [0.5, 0.6) is 0 Å². The summed E-state index contributed by atoms with van der Waals surface area (Å²) in [7, 11) is 1.50. The Kier molecular flexibility index (Phi) is 6.86. The second-order valence-corrected chi connectivity index (χ2v) is 7.94. The number of esters is 1. The minimum atomic E-state index is -0.484. The van der Waals surface area contributed by atoms with Gasteiger partial charge in [-0.25, -0.2) is 4.79 Å². The van der Waals surface area contributed by atoms with E-state index in [0.717, 1.165) is 25.7 Å². The normalized spacial score (nSPS) is 13.3. The number of hydrogen-bond donors (Lipinski definition) is 1. The molecule has 1 N–H and O–H groups in total. The van der Waals surface area contributed by atoms with E-state index in [9.17, 15) is 14.4 Å². The molecule has 0 aromatic carbocycles. The monoisotopic (exact) mass is 404 g/mol. The highest BCUT2D eigenvalue weighted by atomic mass is 32.1. The van der Waals surface area contributed by atoms with Crippen LogP contribution in [0.1, 0.15) is 45.1 Å². The average Bonchev–Trinajstić information content (AvgIpc) is 3.29. The maximum atomic E-state index is 12.3. The standard InChI is InChI=1S/C20H24N2O5S/c1-22(12-18(23)21-11-15-7-5-9-26-15)19(24)13-27-20(25)17-10-14-6-3-2-4-8-16(14)28-17/h5,7,9-10H,2-4,6,8,11-13H2,1H3,(H,21,23). The topological polar surface area (TPSA) is 88.8 Å². The Balaban J connectivity index is 1.42. The fourth-order valence-electron chi connectivity index (χ4n) is 3.03. The molecular weight excluding hydrogens is 380 g/mol. The second kappa shape index (κ2) is 9.54. The molecule has 2 aromatic heterocycles. The minimum absolute atomic E-state index is 0.121. The van der Waals surface area contributed by atoms with Crippen LogP contribution in [-0.2, 0) is 33.7 Å². The molecule has 2 aromatic rings. The summed E-state index contributed by atoms with van der Waals surface area (Å²) < 4.78 is 10.3. The number of nitrogens with one attached hydrogen (secondary N) is 1. The van der Waals surface area contributed by atoms with E-state index < -0.39 is 11.9 Å². The third kappa shape index (κ3) is 5.45.